The molecule has 0 amide bonds. The van der Waals surface area contributed by atoms with E-state index in [1.807, 2.05) is 30.3 Å². The van der Waals surface area contributed by atoms with Crippen LogP contribution in [0.1, 0.15) is 36.8 Å². The number of ether oxygens (including phenoxy) is 1. The number of benzene rings is 1. The fourth-order valence-electron chi connectivity index (χ4n) is 2.19. The zero-order valence-corrected chi connectivity index (χ0v) is 11.4. The van der Waals surface area contributed by atoms with Crippen LogP contribution in [0.15, 0.2) is 47.6 Å². The summed E-state index contributed by atoms with van der Waals surface area (Å²) in [5.74, 6) is 0.0464. The van der Waals surface area contributed by atoms with Crippen LogP contribution in [0.2, 0.25) is 0 Å². The molecule has 1 aromatic rings. The summed E-state index contributed by atoms with van der Waals surface area (Å²) >= 11 is 0. The molecule has 0 aliphatic carbocycles. The van der Waals surface area contributed by atoms with Crippen molar-refractivity contribution >= 4 is 0 Å². The van der Waals surface area contributed by atoms with Gasteiger partial charge in [0.05, 0.1) is 17.6 Å². The van der Waals surface area contributed by atoms with Gasteiger partial charge in [0.25, 0.3) is 0 Å². The summed E-state index contributed by atoms with van der Waals surface area (Å²) in [4.78, 5) is 0. The van der Waals surface area contributed by atoms with Crippen molar-refractivity contribution < 1.29 is 4.74 Å². The third-order valence-electron chi connectivity index (χ3n) is 3.36. The predicted molar refractivity (Wildman–Crippen MR) is 74.9 cm³/mol. The molecule has 4 heteroatoms. The standard InChI is InChI=1S/C16H15N3O/c1-10(2)11-3-5-12(6-4-11)15-13(7-17)9-20-16(19)14(15)8-18/h3-6,9-10,15H,19H2,1-2H3. The largest absolute Gasteiger partial charge is 0.447 e. The molecule has 0 fully saturated rings. The maximum Gasteiger partial charge on any atom is 0.204 e. The van der Waals surface area contributed by atoms with Crippen LogP contribution >= 0.6 is 0 Å². The highest BCUT2D eigenvalue weighted by Crippen LogP contribution is 2.36. The first-order chi connectivity index (χ1) is 9.58. The third-order valence-corrected chi connectivity index (χ3v) is 3.36. The number of rotatable bonds is 2. The van der Waals surface area contributed by atoms with Gasteiger partial charge in [-0.25, -0.2) is 0 Å². The topological polar surface area (TPSA) is 82.8 Å². The highest BCUT2D eigenvalue weighted by Gasteiger charge is 2.28. The van der Waals surface area contributed by atoms with Gasteiger partial charge in [-0.1, -0.05) is 38.1 Å². The second kappa shape index (κ2) is 5.50. The number of nitrogens with two attached hydrogens (primary N) is 1. The van der Waals surface area contributed by atoms with Crippen LogP contribution in [-0.4, -0.2) is 0 Å². The zero-order valence-electron chi connectivity index (χ0n) is 11.4. The molecule has 0 aromatic heterocycles. The van der Waals surface area contributed by atoms with E-state index in [0.717, 1.165) is 5.56 Å². The van der Waals surface area contributed by atoms with E-state index >= 15 is 0 Å². The van der Waals surface area contributed by atoms with Crippen molar-refractivity contribution in [3.63, 3.8) is 0 Å². The number of nitriles is 2. The molecule has 0 bridgehead atoms. The van der Waals surface area contributed by atoms with E-state index in [0.29, 0.717) is 11.5 Å². The first-order valence-electron chi connectivity index (χ1n) is 6.35. The van der Waals surface area contributed by atoms with Gasteiger partial charge >= 0.3 is 0 Å². The van der Waals surface area contributed by atoms with Crippen molar-refractivity contribution in [3.05, 3.63) is 58.7 Å². The molecule has 0 saturated heterocycles. The van der Waals surface area contributed by atoms with E-state index in [4.69, 9.17) is 10.5 Å². The van der Waals surface area contributed by atoms with Crippen LogP contribution < -0.4 is 5.73 Å². The Kier molecular flexibility index (Phi) is 3.77. The van der Waals surface area contributed by atoms with E-state index in [1.54, 1.807) is 0 Å². The predicted octanol–water partition coefficient (Wildman–Crippen LogP) is 3.03. The van der Waals surface area contributed by atoms with Crippen LogP contribution in [0.5, 0.6) is 0 Å². The first-order valence-corrected chi connectivity index (χ1v) is 6.35. The van der Waals surface area contributed by atoms with Gasteiger partial charge in [0.1, 0.15) is 17.9 Å². The lowest BCUT2D eigenvalue weighted by molar-refractivity contribution is 0.326. The van der Waals surface area contributed by atoms with E-state index < -0.39 is 5.92 Å². The van der Waals surface area contributed by atoms with E-state index in [9.17, 15) is 10.5 Å². The minimum atomic E-state index is -0.444. The lowest BCUT2D eigenvalue weighted by atomic mass is 9.84. The van der Waals surface area contributed by atoms with Gasteiger partial charge in [-0.3, -0.25) is 0 Å². The second-order valence-corrected chi connectivity index (χ2v) is 4.95. The van der Waals surface area contributed by atoms with E-state index in [2.05, 4.69) is 19.9 Å². The Morgan fingerprint density at radius 1 is 1.15 bits per heavy atom. The van der Waals surface area contributed by atoms with Crippen LogP contribution in [-0.2, 0) is 4.74 Å². The van der Waals surface area contributed by atoms with Gasteiger partial charge in [0, 0.05) is 0 Å². The minimum absolute atomic E-state index is 0.0597. The number of hydrogen-bond donors (Lipinski definition) is 1. The molecule has 0 saturated carbocycles. The highest BCUT2D eigenvalue weighted by atomic mass is 16.5. The lowest BCUT2D eigenvalue weighted by Gasteiger charge is -2.21. The van der Waals surface area contributed by atoms with Gasteiger partial charge in [-0.15, -0.1) is 0 Å². The summed E-state index contributed by atoms with van der Waals surface area (Å²) in [7, 11) is 0. The molecule has 100 valence electrons. The normalized spacial score (nSPS) is 18.1. The molecule has 1 aliphatic rings. The fraction of sp³-hybridized carbons (Fsp3) is 0.250. The van der Waals surface area contributed by atoms with E-state index in [1.165, 1.54) is 11.8 Å². The quantitative estimate of drug-likeness (QED) is 0.890. The highest BCUT2D eigenvalue weighted by molar-refractivity contribution is 5.51. The summed E-state index contributed by atoms with van der Waals surface area (Å²) in [5, 5.41) is 18.4. The van der Waals surface area contributed by atoms with Crippen LogP contribution in [0.3, 0.4) is 0 Å². The van der Waals surface area contributed by atoms with Crippen molar-refractivity contribution in [2.75, 3.05) is 0 Å². The fourth-order valence-corrected chi connectivity index (χ4v) is 2.19. The minimum Gasteiger partial charge on any atom is -0.447 e. The first kappa shape index (κ1) is 13.7. The Bertz CT molecular complexity index is 654. The maximum atomic E-state index is 9.24. The number of allylic oxidation sites excluding steroid dienone is 2. The summed E-state index contributed by atoms with van der Waals surface area (Å²) in [6.45, 7) is 4.23. The molecule has 1 aliphatic heterocycles. The van der Waals surface area contributed by atoms with E-state index in [-0.39, 0.29) is 11.5 Å². The molecule has 0 spiro atoms. The van der Waals surface area contributed by atoms with Gasteiger partial charge in [0.2, 0.25) is 5.88 Å². The molecule has 20 heavy (non-hydrogen) atoms. The molecule has 0 radical (unpaired) electrons. The van der Waals surface area contributed by atoms with Crippen LogP contribution in [0, 0.1) is 22.7 Å². The third kappa shape index (κ3) is 2.37. The van der Waals surface area contributed by atoms with Gasteiger partial charge < -0.3 is 10.5 Å². The Labute approximate surface area is 118 Å². The monoisotopic (exact) mass is 265 g/mol. The zero-order chi connectivity index (χ0) is 14.7. The molecule has 1 heterocycles. The summed E-state index contributed by atoms with van der Waals surface area (Å²) in [6.07, 6.45) is 1.32. The molecule has 1 aromatic carbocycles. The Morgan fingerprint density at radius 2 is 1.80 bits per heavy atom. The summed E-state index contributed by atoms with van der Waals surface area (Å²) in [6, 6.07) is 12.0. The van der Waals surface area contributed by atoms with Gasteiger partial charge in [-0.2, -0.15) is 10.5 Å². The van der Waals surface area contributed by atoms with Crippen LogP contribution in [0.25, 0.3) is 0 Å². The summed E-state index contributed by atoms with van der Waals surface area (Å²) in [5.41, 5.74) is 8.43. The molecule has 4 nitrogen and oxygen atoms in total. The van der Waals surface area contributed by atoms with Gasteiger partial charge in [0.15, 0.2) is 0 Å². The van der Waals surface area contributed by atoms with Crippen molar-refractivity contribution in [3.8, 4) is 12.1 Å². The molecular formula is C16H15N3O. The van der Waals surface area contributed by atoms with Crippen molar-refractivity contribution in [2.45, 2.75) is 25.7 Å². The smallest absolute Gasteiger partial charge is 0.204 e. The number of hydrogen-bond acceptors (Lipinski definition) is 4. The molecular weight excluding hydrogens is 250 g/mol. The Morgan fingerprint density at radius 3 is 2.30 bits per heavy atom. The molecule has 1 atom stereocenters. The summed E-state index contributed by atoms with van der Waals surface area (Å²) < 4.78 is 5.05. The lowest BCUT2D eigenvalue weighted by Crippen LogP contribution is -2.16. The molecule has 1 unspecified atom stereocenters. The van der Waals surface area contributed by atoms with Crippen molar-refractivity contribution in [2.24, 2.45) is 5.73 Å². The van der Waals surface area contributed by atoms with Gasteiger partial charge in [-0.05, 0) is 17.0 Å². The molecule has 2 N–H and O–H groups in total. The average molecular weight is 265 g/mol. The van der Waals surface area contributed by atoms with Crippen molar-refractivity contribution in [1.29, 1.82) is 10.5 Å². The maximum absolute atomic E-state index is 9.24. The SMILES string of the molecule is CC(C)c1ccc(C2C(C#N)=COC(N)=C2C#N)cc1. The number of nitrogens with zero attached hydrogens (tertiary/aromatic N) is 2. The second-order valence-electron chi connectivity index (χ2n) is 4.95. The van der Waals surface area contributed by atoms with Crippen LogP contribution in [0.4, 0.5) is 0 Å². The average Bonchev–Trinajstić information content (AvgIpc) is 2.47. The Balaban J connectivity index is 2.47. The Hall–Kier alpha value is -2.72. The molecule has 2 rings (SSSR count). The van der Waals surface area contributed by atoms with Crippen molar-refractivity contribution in [1.82, 2.24) is 0 Å².